The van der Waals surface area contributed by atoms with E-state index in [4.69, 9.17) is 23.8 Å². The number of aryl methyl sites for hydroxylation is 3. The van der Waals surface area contributed by atoms with Gasteiger partial charge in [0.2, 0.25) is 0 Å². The van der Waals surface area contributed by atoms with Crippen molar-refractivity contribution in [3.8, 4) is 0 Å². The first-order chi connectivity index (χ1) is 14.1. The highest BCUT2D eigenvalue weighted by atomic mass is 35.5. The van der Waals surface area contributed by atoms with E-state index >= 15 is 0 Å². The summed E-state index contributed by atoms with van der Waals surface area (Å²) in [5, 5.41) is 6.96. The third-order valence-electron chi connectivity index (χ3n) is 4.40. The molecule has 3 aromatic carbocycles. The van der Waals surface area contributed by atoms with Crippen LogP contribution in [0.25, 0.3) is 0 Å². The molecule has 0 radical (unpaired) electrons. The predicted molar refractivity (Wildman–Crippen MR) is 129 cm³/mol. The lowest BCUT2D eigenvalue weighted by Crippen LogP contribution is -2.22. The van der Waals surface area contributed by atoms with E-state index in [1.54, 1.807) is 36.4 Å². The second kappa shape index (κ2) is 9.04. The van der Waals surface area contributed by atoms with Gasteiger partial charge < -0.3 is 10.6 Å². The van der Waals surface area contributed by atoms with Crippen molar-refractivity contribution in [3.63, 3.8) is 0 Å². The number of nitrogens with one attached hydrogen (secondary N) is 3. The zero-order valence-corrected chi connectivity index (χ0v) is 19.2. The fourth-order valence-electron chi connectivity index (χ4n) is 2.91. The number of benzene rings is 3. The number of hydrogen-bond acceptors (Lipinski definition) is 3. The van der Waals surface area contributed by atoms with E-state index in [-0.39, 0.29) is 4.90 Å². The first-order valence-corrected chi connectivity index (χ1v) is 11.5. The SMILES string of the molecule is Cc1ccc(NC(=S)Nc2ccc(C)cc2S(=O)(=O)Nc2ccc(Cl)cc2)c(C)c1. The summed E-state index contributed by atoms with van der Waals surface area (Å²) in [4.78, 5) is 0.0993. The molecule has 0 spiro atoms. The smallest absolute Gasteiger partial charge is 0.263 e. The van der Waals surface area contributed by atoms with Crippen molar-refractivity contribution in [2.24, 2.45) is 0 Å². The Morgan fingerprint density at radius 3 is 2.03 bits per heavy atom. The van der Waals surface area contributed by atoms with Crippen molar-refractivity contribution in [2.75, 3.05) is 15.4 Å². The second-order valence-corrected chi connectivity index (χ2v) is 9.51. The van der Waals surface area contributed by atoms with Gasteiger partial charge in [0, 0.05) is 16.4 Å². The Morgan fingerprint density at radius 1 is 0.833 bits per heavy atom. The van der Waals surface area contributed by atoms with Gasteiger partial charge in [-0.2, -0.15) is 0 Å². The maximum atomic E-state index is 13.0. The average Bonchev–Trinajstić information content (AvgIpc) is 2.67. The first-order valence-electron chi connectivity index (χ1n) is 9.18. The molecule has 3 rings (SSSR count). The molecule has 0 aliphatic heterocycles. The van der Waals surface area contributed by atoms with Crippen LogP contribution in [0.1, 0.15) is 16.7 Å². The summed E-state index contributed by atoms with van der Waals surface area (Å²) in [7, 11) is -3.85. The lowest BCUT2D eigenvalue weighted by atomic mass is 10.1. The van der Waals surface area contributed by atoms with Gasteiger partial charge in [0.1, 0.15) is 4.90 Å². The van der Waals surface area contributed by atoms with E-state index in [9.17, 15) is 8.42 Å². The number of sulfonamides is 1. The summed E-state index contributed by atoms with van der Waals surface area (Å²) in [6.45, 7) is 5.83. The number of rotatable bonds is 5. The van der Waals surface area contributed by atoms with Gasteiger partial charge in [-0.15, -0.1) is 0 Å². The van der Waals surface area contributed by atoms with E-state index < -0.39 is 10.0 Å². The summed E-state index contributed by atoms with van der Waals surface area (Å²) < 4.78 is 28.7. The second-order valence-electron chi connectivity index (χ2n) is 7.01. The van der Waals surface area contributed by atoms with Crippen LogP contribution < -0.4 is 15.4 Å². The van der Waals surface area contributed by atoms with Gasteiger partial charge in [-0.1, -0.05) is 35.4 Å². The predicted octanol–water partition coefficient (Wildman–Crippen LogP) is 5.87. The third-order valence-corrected chi connectivity index (χ3v) is 6.28. The van der Waals surface area contributed by atoms with Crippen LogP contribution in [0.15, 0.2) is 65.6 Å². The van der Waals surface area contributed by atoms with Gasteiger partial charge in [-0.3, -0.25) is 4.72 Å². The molecule has 0 amide bonds. The highest BCUT2D eigenvalue weighted by molar-refractivity contribution is 7.93. The average molecular weight is 460 g/mol. The minimum atomic E-state index is -3.85. The summed E-state index contributed by atoms with van der Waals surface area (Å²) >= 11 is 11.3. The Balaban J connectivity index is 1.85. The van der Waals surface area contributed by atoms with Crippen LogP contribution >= 0.6 is 23.8 Å². The van der Waals surface area contributed by atoms with Crippen LogP contribution in [0.5, 0.6) is 0 Å². The van der Waals surface area contributed by atoms with Crippen LogP contribution in [-0.4, -0.2) is 13.5 Å². The van der Waals surface area contributed by atoms with E-state index in [0.717, 1.165) is 22.4 Å². The third kappa shape index (κ3) is 5.50. The normalized spacial score (nSPS) is 11.1. The Hall–Kier alpha value is -2.61. The molecule has 156 valence electrons. The van der Waals surface area contributed by atoms with E-state index in [0.29, 0.717) is 21.5 Å². The minimum absolute atomic E-state index is 0.0993. The molecular weight excluding hydrogens is 438 g/mol. The van der Waals surface area contributed by atoms with Crippen molar-refractivity contribution < 1.29 is 8.42 Å². The molecule has 8 heteroatoms. The Bertz CT molecular complexity index is 1190. The van der Waals surface area contributed by atoms with Crippen LogP contribution in [0, 0.1) is 20.8 Å². The van der Waals surface area contributed by atoms with Gasteiger partial charge in [0.15, 0.2) is 5.11 Å². The van der Waals surface area contributed by atoms with Gasteiger partial charge in [0.25, 0.3) is 10.0 Å². The Labute approximate surface area is 187 Å². The lowest BCUT2D eigenvalue weighted by molar-refractivity contribution is 0.601. The molecule has 0 aliphatic rings. The number of hydrogen-bond donors (Lipinski definition) is 3. The maximum Gasteiger partial charge on any atom is 0.263 e. The van der Waals surface area contributed by atoms with Crippen LogP contribution in [0.2, 0.25) is 5.02 Å². The maximum absolute atomic E-state index is 13.0. The van der Waals surface area contributed by atoms with E-state index in [2.05, 4.69) is 15.4 Å². The topological polar surface area (TPSA) is 70.2 Å². The number of thiocarbonyl (C=S) groups is 1. The monoisotopic (exact) mass is 459 g/mol. The molecule has 0 aromatic heterocycles. The first kappa shape index (κ1) is 22.1. The van der Waals surface area contributed by atoms with E-state index in [1.807, 2.05) is 45.0 Å². The number of anilines is 3. The van der Waals surface area contributed by atoms with Gasteiger partial charge in [-0.25, -0.2) is 8.42 Å². The number of halogens is 1. The fourth-order valence-corrected chi connectivity index (χ4v) is 4.56. The van der Waals surface area contributed by atoms with Crippen LogP contribution in [-0.2, 0) is 10.0 Å². The van der Waals surface area contributed by atoms with Gasteiger partial charge >= 0.3 is 0 Å². The minimum Gasteiger partial charge on any atom is -0.332 e. The standard InChI is InChI=1S/C22H22ClN3O2S2/c1-14-4-10-19(16(3)12-14)24-22(29)25-20-11-5-15(2)13-21(20)30(27,28)26-18-8-6-17(23)7-9-18/h4-13,26H,1-3H3,(H2,24,25,29). The summed E-state index contributed by atoms with van der Waals surface area (Å²) in [6.07, 6.45) is 0. The molecular formula is C22H22ClN3O2S2. The quantitative estimate of drug-likeness (QED) is 0.416. The Kier molecular flexibility index (Phi) is 6.65. The van der Waals surface area contributed by atoms with Crippen LogP contribution in [0.4, 0.5) is 17.1 Å². The Morgan fingerprint density at radius 2 is 1.40 bits per heavy atom. The van der Waals surface area contributed by atoms with Crippen molar-refractivity contribution in [3.05, 3.63) is 82.4 Å². The molecule has 0 bridgehead atoms. The molecule has 0 heterocycles. The van der Waals surface area contributed by atoms with Crippen molar-refractivity contribution in [1.29, 1.82) is 0 Å². The molecule has 0 aliphatic carbocycles. The van der Waals surface area contributed by atoms with Crippen molar-refractivity contribution >= 4 is 56.0 Å². The molecule has 30 heavy (non-hydrogen) atoms. The molecule has 5 nitrogen and oxygen atoms in total. The van der Waals surface area contributed by atoms with Crippen molar-refractivity contribution in [1.82, 2.24) is 0 Å². The molecule has 0 saturated carbocycles. The molecule has 0 unspecified atom stereocenters. The zero-order valence-electron chi connectivity index (χ0n) is 16.8. The fraction of sp³-hybridized carbons (Fsp3) is 0.136. The molecule has 0 fully saturated rings. The summed E-state index contributed by atoms with van der Waals surface area (Å²) in [5.41, 5.74) is 4.66. The molecule has 3 aromatic rings. The lowest BCUT2D eigenvalue weighted by Gasteiger charge is -2.17. The highest BCUT2D eigenvalue weighted by Crippen LogP contribution is 2.26. The summed E-state index contributed by atoms with van der Waals surface area (Å²) in [5.74, 6) is 0. The van der Waals surface area contributed by atoms with Gasteiger partial charge in [-0.05, 0) is 86.6 Å². The highest BCUT2D eigenvalue weighted by Gasteiger charge is 2.20. The van der Waals surface area contributed by atoms with Gasteiger partial charge in [0.05, 0.1) is 5.69 Å². The molecule has 0 saturated heterocycles. The zero-order chi connectivity index (χ0) is 21.9. The molecule has 0 atom stereocenters. The summed E-state index contributed by atoms with van der Waals surface area (Å²) in [6, 6.07) is 17.5. The van der Waals surface area contributed by atoms with Crippen molar-refractivity contribution in [2.45, 2.75) is 25.7 Å². The van der Waals surface area contributed by atoms with E-state index in [1.165, 1.54) is 0 Å². The molecule has 3 N–H and O–H groups in total. The largest absolute Gasteiger partial charge is 0.332 e. The van der Waals surface area contributed by atoms with Crippen LogP contribution in [0.3, 0.4) is 0 Å².